The lowest BCUT2D eigenvalue weighted by atomic mass is 9.99. The molecule has 0 spiro atoms. The number of aromatic nitrogens is 1. The van der Waals surface area contributed by atoms with Gasteiger partial charge in [0, 0.05) is 5.56 Å². The van der Waals surface area contributed by atoms with Crippen LogP contribution in [0.4, 0.5) is 4.39 Å². The van der Waals surface area contributed by atoms with E-state index in [4.69, 9.17) is 0 Å². The highest BCUT2D eigenvalue weighted by molar-refractivity contribution is 7.18. The van der Waals surface area contributed by atoms with Gasteiger partial charge in [0.05, 0.1) is 16.3 Å². The van der Waals surface area contributed by atoms with Gasteiger partial charge >= 0.3 is 0 Å². The number of hydrogen-bond acceptors (Lipinski definition) is 4. The Morgan fingerprint density at radius 1 is 1.19 bits per heavy atom. The first-order chi connectivity index (χ1) is 10.2. The zero-order chi connectivity index (χ0) is 14.8. The van der Waals surface area contributed by atoms with Gasteiger partial charge in [0.2, 0.25) is 0 Å². The van der Waals surface area contributed by atoms with Crippen molar-refractivity contribution in [2.45, 2.75) is 5.92 Å². The van der Waals surface area contributed by atoms with Gasteiger partial charge in [0.25, 0.3) is 0 Å². The largest absolute Gasteiger partial charge is 0.292 e. The molecular formula is C16H9FN2OS. The topological polar surface area (TPSA) is 53.8 Å². The molecule has 0 aliphatic rings. The normalized spacial score (nSPS) is 12.0. The molecule has 0 fully saturated rings. The van der Waals surface area contributed by atoms with Gasteiger partial charge in [-0.15, -0.1) is 11.3 Å². The zero-order valence-corrected chi connectivity index (χ0v) is 11.6. The predicted octanol–water partition coefficient (Wildman–Crippen LogP) is 3.93. The molecule has 5 heteroatoms. The quantitative estimate of drug-likeness (QED) is 0.688. The van der Waals surface area contributed by atoms with Crippen LogP contribution in [0.25, 0.3) is 10.2 Å². The summed E-state index contributed by atoms with van der Waals surface area (Å²) < 4.78 is 13.8. The smallest absolute Gasteiger partial charge is 0.186 e. The number of carbonyl (C=O) groups is 1. The Hall–Kier alpha value is -2.58. The summed E-state index contributed by atoms with van der Waals surface area (Å²) in [7, 11) is 0. The lowest BCUT2D eigenvalue weighted by Gasteiger charge is -2.04. The van der Waals surface area contributed by atoms with Crippen LogP contribution in [0, 0.1) is 17.1 Å². The number of rotatable bonds is 3. The van der Waals surface area contributed by atoms with Crippen LogP contribution in [0.2, 0.25) is 0 Å². The molecule has 102 valence electrons. The SMILES string of the molecule is N#C[C@@H](C(=O)c1ccc(F)cc1)c1nc2ccccc2s1. The van der Waals surface area contributed by atoms with Crippen molar-refractivity contribution in [2.24, 2.45) is 0 Å². The van der Waals surface area contributed by atoms with E-state index < -0.39 is 11.7 Å². The van der Waals surface area contributed by atoms with Crippen molar-refractivity contribution in [3.8, 4) is 6.07 Å². The van der Waals surface area contributed by atoms with Crippen LogP contribution in [0.15, 0.2) is 48.5 Å². The van der Waals surface area contributed by atoms with Crippen LogP contribution in [-0.2, 0) is 0 Å². The summed E-state index contributed by atoms with van der Waals surface area (Å²) in [6.07, 6.45) is 0. The number of benzene rings is 2. The molecule has 3 nitrogen and oxygen atoms in total. The van der Waals surface area contributed by atoms with E-state index in [9.17, 15) is 14.4 Å². The maximum Gasteiger partial charge on any atom is 0.186 e. The highest BCUT2D eigenvalue weighted by Crippen LogP contribution is 2.29. The highest BCUT2D eigenvalue weighted by Gasteiger charge is 2.25. The molecule has 0 aliphatic carbocycles. The van der Waals surface area contributed by atoms with Gasteiger partial charge in [-0.25, -0.2) is 9.37 Å². The fraction of sp³-hybridized carbons (Fsp3) is 0.0625. The van der Waals surface area contributed by atoms with Crippen LogP contribution in [-0.4, -0.2) is 10.8 Å². The lowest BCUT2D eigenvalue weighted by molar-refractivity contribution is 0.0979. The Labute approximate surface area is 124 Å². The summed E-state index contributed by atoms with van der Waals surface area (Å²) in [4.78, 5) is 16.7. The van der Waals surface area contributed by atoms with Gasteiger partial charge in [-0.2, -0.15) is 5.26 Å². The van der Waals surface area contributed by atoms with Gasteiger partial charge in [0.15, 0.2) is 11.7 Å². The van der Waals surface area contributed by atoms with Gasteiger partial charge < -0.3 is 0 Å². The Kier molecular flexibility index (Phi) is 3.46. The number of hydrogen-bond donors (Lipinski definition) is 0. The van der Waals surface area contributed by atoms with Crippen molar-refractivity contribution < 1.29 is 9.18 Å². The molecule has 0 bridgehead atoms. The third kappa shape index (κ3) is 2.54. The second-order valence-electron chi connectivity index (χ2n) is 4.45. The molecule has 1 heterocycles. The summed E-state index contributed by atoms with van der Waals surface area (Å²) >= 11 is 1.33. The first kappa shape index (κ1) is 13.4. The van der Waals surface area contributed by atoms with Crippen LogP contribution in [0.5, 0.6) is 0 Å². The molecule has 0 amide bonds. The maximum absolute atomic E-state index is 12.9. The minimum Gasteiger partial charge on any atom is -0.292 e. The Balaban J connectivity index is 1.99. The second-order valence-corrected chi connectivity index (χ2v) is 5.52. The molecule has 2 aromatic carbocycles. The van der Waals surface area contributed by atoms with E-state index in [-0.39, 0.29) is 5.78 Å². The van der Waals surface area contributed by atoms with Gasteiger partial charge in [-0.3, -0.25) is 4.79 Å². The molecule has 0 saturated heterocycles. The molecule has 21 heavy (non-hydrogen) atoms. The van der Waals surface area contributed by atoms with Crippen molar-refractivity contribution in [3.05, 3.63) is 64.9 Å². The van der Waals surface area contributed by atoms with Crippen molar-refractivity contribution >= 4 is 27.3 Å². The second kappa shape index (κ2) is 5.43. The van der Waals surface area contributed by atoms with Crippen LogP contribution in [0.1, 0.15) is 21.3 Å². The Morgan fingerprint density at radius 2 is 1.90 bits per heavy atom. The average molecular weight is 296 g/mol. The monoisotopic (exact) mass is 296 g/mol. The molecule has 0 saturated carbocycles. The summed E-state index contributed by atoms with van der Waals surface area (Å²) in [5, 5.41) is 9.78. The Morgan fingerprint density at radius 3 is 2.57 bits per heavy atom. The number of ketones is 1. The number of para-hydroxylation sites is 1. The number of halogens is 1. The highest BCUT2D eigenvalue weighted by atomic mass is 32.1. The van der Waals surface area contributed by atoms with E-state index in [1.807, 2.05) is 30.3 Å². The van der Waals surface area contributed by atoms with Gasteiger partial charge in [-0.05, 0) is 36.4 Å². The summed E-state index contributed by atoms with van der Waals surface area (Å²) in [5.74, 6) is -1.75. The number of nitriles is 1. The first-order valence-electron chi connectivity index (χ1n) is 6.24. The van der Waals surface area contributed by atoms with E-state index in [2.05, 4.69) is 4.98 Å². The lowest BCUT2D eigenvalue weighted by Crippen LogP contribution is -2.11. The van der Waals surface area contributed by atoms with Crippen LogP contribution in [0.3, 0.4) is 0 Å². The summed E-state index contributed by atoms with van der Waals surface area (Å²) in [6, 6.07) is 14.7. The van der Waals surface area contributed by atoms with Crippen LogP contribution >= 0.6 is 11.3 Å². The summed E-state index contributed by atoms with van der Waals surface area (Å²) in [5.41, 5.74) is 1.08. The molecule has 1 aromatic heterocycles. The number of Topliss-reactive ketones (excluding diaryl/α,β-unsaturated/α-hetero) is 1. The summed E-state index contributed by atoms with van der Waals surface area (Å²) in [6.45, 7) is 0. The molecule has 0 radical (unpaired) electrons. The fourth-order valence-electron chi connectivity index (χ4n) is 2.02. The molecular weight excluding hydrogens is 287 g/mol. The third-order valence-corrected chi connectivity index (χ3v) is 4.18. The number of carbonyl (C=O) groups excluding carboxylic acids is 1. The van der Waals surface area contributed by atoms with Crippen molar-refractivity contribution in [1.29, 1.82) is 5.26 Å². The number of thiazole rings is 1. The third-order valence-electron chi connectivity index (χ3n) is 3.08. The minimum absolute atomic E-state index is 0.308. The number of fused-ring (bicyclic) bond motifs is 1. The minimum atomic E-state index is -0.965. The van der Waals surface area contributed by atoms with Crippen molar-refractivity contribution in [2.75, 3.05) is 0 Å². The molecule has 0 aliphatic heterocycles. The molecule has 3 aromatic rings. The van der Waals surface area contributed by atoms with E-state index in [1.165, 1.54) is 35.6 Å². The zero-order valence-electron chi connectivity index (χ0n) is 10.8. The van der Waals surface area contributed by atoms with E-state index in [0.29, 0.717) is 10.6 Å². The van der Waals surface area contributed by atoms with Gasteiger partial charge in [-0.1, -0.05) is 12.1 Å². The van der Waals surface area contributed by atoms with E-state index >= 15 is 0 Å². The van der Waals surface area contributed by atoms with E-state index in [1.54, 1.807) is 0 Å². The van der Waals surface area contributed by atoms with Crippen LogP contribution < -0.4 is 0 Å². The molecule has 0 N–H and O–H groups in total. The molecule has 3 rings (SSSR count). The first-order valence-corrected chi connectivity index (χ1v) is 7.05. The molecule has 1 atom stereocenters. The van der Waals surface area contributed by atoms with E-state index in [0.717, 1.165) is 10.2 Å². The fourth-order valence-corrected chi connectivity index (χ4v) is 3.03. The standard InChI is InChI=1S/C16H9FN2OS/c17-11-7-5-10(6-8-11)15(20)12(9-18)16-19-13-3-1-2-4-14(13)21-16/h1-8,12H/t12-/m0/s1. The predicted molar refractivity (Wildman–Crippen MR) is 78.7 cm³/mol. The van der Waals surface area contributed by atoms with Crippen molar-refractivity contribution in [1.82, 2.24) is 4.98 Å². The Bertz CT molecular complexity index is 816. The number of nitrogens with zero attached hydrogens (tertiary/aromatic N) is 2. The maximum atomic E-state index is 12.9. The average Bonchev–Trinajstić information content (AvgIpc) is 2.92. The van der Waals surface area contributed by atoms with Gasteiger partial charge in [0.1, 0.15) is 10.8 Å². The van der Waals surface area contributed by atoms with Crippen molar-refractivity contribution in [3.63, 3.8) is 0 Å². The molecule has 0 unspecified atom stereocenters.